The zero-order valence-electron chi connectivity index (χ0n) is 4.63. The average Bonchev–Trinajstić information content (AvgIpc) is 1.69. The number of rotatable bonds is 4. The lowest BCUT2D eigenvalue weighted by Crippen LogP contribution is -2.21. The highest BCUT2D eigenvalue weighted by atomic mass is 35.5. The van der Waals surface area contributed by atoms with Gasteiger partial charge in [0, 0.05) is 13.1 Å². The number of hydrogen-bond donors (Lipinski definition) is 3. The van der Waals surface area contributed by atoms with Crippen molar-refractivity contribution in [3.05, 3.63) is 0 Å². The lowest BCUT2D eigenvalue weighted by Gasteiger charge is -1.94. The number of nitrogens with one attached hydrogen (secondary N) is 1. The van der Waals surface area contributed by atoms with Gasteiger partial charge in [0.05, 0.1) is 13.2 Å². The van der Waals surface area contributed by atoms with Gasteiger partial charge in [-0.05, 0) is 0 Å². The molecule has 0 unspecified atom stereocenters. The van der Waals surface area contributed by atoms with Gasteiger partial charge in [0.1, 0.15) is 0 Å². The highest BCUT2D eigenvalue weighted by Gasteiger charge is 1.78. The molecule has 0 fully saturated rings. The van der Waals surface area contributed by atoms with Crippen molar-refractivity contribution >= 4 is 12.4 Å². The van der Waals surface area contributed by atoms with Crippen LogP contribution in [-0.4, -0.2) is 36.5 Å². The van der Waals surface area contributed by atoms with E-state index in [0.717, 1.165) is 0 Å². The molecule has 0 aromatic heterocycles. The molecule has 0 rings (SSSR count). The molecule has 0 amide bonds. The predicted molar refractivity (Wildman–Crippen MR) is 34.3 cm³/mol. The Morgan fingerprint density at radius 1 is 1.00 bits per heavy atom. The van der Waals surface area contributed by atoms with Crippen LogP contribution in [0.5, 0.6) is 0 Å². The first kappa shape index (κ1) is 11.0. The van der Waals surface area contributed by atoms with Gasteiger partial charge >= 0.3 is 0 Å². The molecule has 0 heterocycles. The Bertz CT molecular complexity index is 33.2. The van der Waals surface area contributed by atoms with Crippen molar-refractivity contribution < 1.29 is 10.2 Å². The quantitative estimate of drug-likeness (QED) is 0.351. The normalized spacial score (nSPS) is 8.25. The second-order valence-electron chi connectivity index (χ2n) is 1.20. The molecule has 0 atom stereocenters. The maximum absolute atomic E-state index is 8.15. The molecule has 4 heteroatoms. The third-order valence-electron chi connectivity index (χ3n) is 0.577. The number of halogens is 1. The lowest BCUT2D eigenvalue weighted by molar-refractivity contribution is 0.267. The highest BCUT2D eigenvalue weighted by molar-refractivity contribution is 5.85. The Labute approximate surface area is 55.1 Å². The van der Waals surface area contributed by atoms with Crippen LogP contribution in [0.1, 0.15) is 0 Å². The Morgan fingerprint density at radius 3 is 1.62 bits per heavy atom. The van der Waals surface area contributed by atoms with E-state index >= 15 is 0 Å². The Hall–Kier alpha value is 0.170. The van der Waals surface area contributed by atoms with Crippen LogP contribution < -0.4 is 5.32 Å². The molecule has 3 nitrogen and oxygen atoms in total. The molecular weight excluding hydrogens is 133 g/mol. The van der Waals surface area contributed by atoms with E-state index in [1.165, 1.54) is 0 Å². The lowest BCUT2D eigenvalue weighted by atomic mass is 11.5. The molecule has 0 saturated heterocycles. The molecule has 0 aromatic rings. The van der Waals surface area contributed by atoms with Crippen molar-refractivity contribution in [1.82, 2.24) is 5.32 Å². The second kappa shape index (κ2) is 10.2. The summed E-state index contributed by atoms with van der Waals surface area (Å²) in [7, 11) is 0. The molecule has 0 aliphatic carbocycles. The highest BCUT2D eigenvalue weighted by Crippen LogP contribution is 1.54. The fraction of sp³-hybridized carbons (Fsp3) is 1.00. The van der Waals surface area contributed by atoms with Crippen LogP contribution >= 0.6 is 12.4 Å². The minimum absolute atomic E-state index is 0. The maximum Gasteiger partial charge on any atom is 0.0555 e. The van der Waals surface area contributed by atoms with Gasteiger partial charge in [-0.25, -0.2) is 0 Å². The SMILES string of the molecule is Cl.O[13CH2][13CH2]N[13CH2][13CH2]O. The summed E-state index contributed by atoms with van der Waals surface area (Å²) in [6.45, 7) is 1.42. The summed E-state index contributed by atoms with van der Waals surface area (Å²) < 4.78 is 0. The standard InChI is InChI=1S/C4H11NO2.ClH/c6-3-1-5-2-4-7;/h5-7H,1-4H2;1H/i1+1,2+1,3+1,4+1;. The van der Waals surface area contributed by atoms with Crippen molar-refractivity contribution in [2.45, 2.75) is 0 Å². The third-order valence-corrected chi connectivity index (χ3v) is 0.577. The predicted octanol–water partition coefficient (Wildman–Crippen LogP) is -1.02. The molecule has 3 N–H and O–H groups in total. The van der Waals surface area contributed by atoms with Crippen LogP contribution in [0.25, 0.3) is 0 Å². The zero-order chi connectivity index (χ0) is 5.54. The van der Waals surface area contributed by atoms with Gasteiger partial charge in [0.15, 0.2) is 0 Å². The molecule has 0 saturated carbocycles. The van der Waals surface area contributed by atoms with Gasteiger partial charge < -0.3 is 15.5 Å². The summed E-state index contributed by atoms with van der Waals surface area (Å²) in [5.74, 6) is 0. The summed E-state index contributed by atoms with van der Waals surface area (Å²) in [5, 5.41) is 19.1. The van der Waals surface area contributed by atoms with Gasteiger partial charge in [0.2, 0.25) is 0 Å². The smallest absolute Gasteiger partial charge is 0.0555 e. The van der Waals surface area contributed by atoms with E-state index in [4.69, 9.17) is 10.2 Å². The summed E-state index contributed by atoms with van der Waals surface area (Å²) in [6.07, 6.45) is 0. The fourth-order valence-electron chi connectivity index (χ4n) is 0.283. The largest absolute Gasteiger partial charge is 0.395 e. The molecule has 52 valence electrons. The summed E-state index contributed by atoms with van der Waals surface area (Å²) >= 11 is 0. The van der Waals surface area contributed by atoms with Crippen LogP contribution in [0.3, 0.4) is 0 Å². The van der Waals surface area contributed by atoms with Crippen LogP contribution in [0.15, 0.2) is 0 Å². The van der Waals surface area contributed by atoms with Gasteiger partial charge in [-0.15, -0.1) is 12.4 Å². The van der Waals surface area contributed by atoms with Gasteiger partial charge in [-0.2, -0.15) is 0 Å². The van der Waals surface area contributed by atoms with Crippen LogP contribution in [-0.2, 0) is 0 Å². The first-order chi connectivity index (χ1) is 3.41. The number of hydrogen-bond acceptors (Lipinski definition) is 3. The molecule has 0 aliphatic rings. The van der Waals surface area contributed by atoms with E-state index in [-0.39, 0.29) is 25.6 Å². The van der Waals surface area contributed by atoms with Gasteiger partial charge in [-0.1, -0.05) is 0 Å². The molecule has 0 aromatic carbocycles. The number of aliphatic hydroxyl groups is 2. The summed E-state index contributed by atoms with van der Waals surface area (Å²) in [6, 6.07) is 0. The molecule has 0 radical (unpaired) electrons. The van der Waals surface area contributed by atoms with Crippen molar-refractivity contribution in [2.24, 2.45) is 0 Å². The fourth-order valence-corrected chi connectivity index (χ4v) is 0.283. The Kier molecular flexibility index (Phi) is 14.1. The topological polar surface area (TPSA) is 52.5 Å². The minimum Gasteiger partial charge on any atom is -0.395 e. The van der Waals surface area contributed by atoms with Crippen LogP contribution in [0, 0.1) is 0 Å². The van der Waals surface area contributed by atoms with E-state index < -0.39 is 0 Å². The minimum atomic E-state index is 0. The van der Waals surface area contributed by atoms with E-state index in [1.807, 2.05) is 0 Å². The first-order valence-electron chi connectivity index (χ1n) is 2.34. The molecular formula is C4H12ClNO2. The van der Waals surface area contributed by atoms with Crippen molar-refractivity contribution in [1.29, 1.82) is 0 Å². The Morgan fingerprint density at radius 2 is 1.38 bits per heavy atom. The molecule has 0 spiro atoms. The molecule has 8 heavy (non-hydrogen) atoms. The third kappa shape index (κ3) is 9.48. The van der Waals surface area contributed by atoms with Crippen LogP contribution in [0.4, 0.5) is 0 Å². The first-order valence-corrected chi connectivity index (χ1v) is 2.34. The second-order valence-corrected chi connectivity index (χ2v) is 1.20. The molecule has 0 bridgehead atoms. The van der Waals surface area contributed by atoms with Crippen molar-refractivity contribution in [3.8, 4) is 0 Å². The van der Waals surface area contributed by atoms with Gasteiger partial charge in [0.25, 0.3) is 0 Å². The zero-order valence-corrected chi connectivity index (χ0v) is 5.45. The van der Waals surface area contributed by atoms with Gasteiger partial charge in [-0.3, -0.25) is 0 Å². The van der Waals surface area contributed by atoms with Crippen molar-refractivity contribution in [3.63, 3.8) is 0 Å². The average molecular weight is 146 g/mol. The van der Waals surface area contributed by atoms with E-state index in [0.29, 0.717) is 13.1 Å². The number of aliphatic hydroxyl groups excluding tert-OH is 2. The molecule has 0 aliphatic heterocycles. The summed E-state index contributed by atoms with van der Waals surface area (Å²) in [4.78, 5) is 0. The monoisotopic (exact) mass is 145 g/mol. The summed E-state index contributed by atoms with van der Waals surface area (Å²) in [5.41, 5.74) is 0. The maximum atomic E-state index is 8.15. The van der Waals surface area contributed by atoms with E-state index in [9.17, 15) is 0 Å². The van der Waals surface area contributed by atoms with Crippen LogP contribution in [0.2, 0.25) is 0 Å². The van der Waals surface area contributed by atoms with E-state index in [2.05, 4.69) is 5.32 Å². The van der Waals surface area contributed by atoms with E-state index in [1.54, 1.807) is 0 Å². The Balaban J connectivity index is 0. The van der Waals surface area contributed by atoms with Crippen molar-refractivity contribution in [2.75, 3.05) is 26.3 Å².